The molecule has 3 rings (SSSR count). The Morgan fingerprint density at radius 1 is 0.939 bits per heavy atom. The third-order valence-corrected chi connectivity index (χ3v) is 4.67. The summed E-state index contributed by atoms with van der Waals surface area (Å²) >= 11 is 0. The van der Waals surface area contributed by atoms with Crippen LogP contribution in [-0.2, 0) is 19.2 Å². The molecule has 0 saturated carbocycles. The van der Waals surface area contributed by atoms with E-state index >= 15 is 0 Å². The number of nitro groups is 2. The molecule has 1 aliphatic heterocycles. The van der Waals surface area contributed by atoms with Crippen LogP contribution >= 0.6 is 0 Å². The predicted octanol–water partition coefficient (Wildman–Crippen LogP) is 1.22. The number of Topliss-reactive ketones (excluding diaryl/α,β-unsaturated/α-hetero) is 1. The number of nitrogens with one attached hydrogen (secondary N) is 1. The van der Waals surface area contributed by atoms with Gasteiger partial charge in [0.2, 0.25) is 11.7 Å². The minimum absolute atomic E-state index is 0.00428. The maximum Gasteiger partial charge on any atom is 0.302 e. The number of carbonyl (C=O) groups excluding carboxylic acids is 4. The van der Waals surface area contributed by atoms with Crippen molar-refractivity contribution in [3.63, 3.8) is 0 Å². The number of imide groups is 1. The zero-order valence-electron chi connectivity index (χ0n) is 17.0. The minimum atomic E-state index is -2.13. The highest BCUT2D eigenvalue weighted by Gasteiger charge is 2.52. The highest BCUT2D eigenvalue weighted by atomic mass is 16.6. The number of non-ortho nitro benzene ring substituents is 2. The molecule has 0 aliphatic carbocycles. The largest absolute Gasteiger partial charge is 0.495 e. The van der Waals surface area contributed by atoms with Gasteiger partial charge >= 0.3 is 5.91 Å². The Labute approximate surface area is 184 Å². The summed E-state index contributed by atoms with van der Waals surface area (Å²) in [5.41, 5.74) is -1.50. The van der Waals surface area contributed by atoms with Gasteiger partial charge in [-0.25, -0.2) is 4.90 Å². The molecule has 0 bridgehead atoms. The smallest absolute Gasteiger partial charge is 0.302 e. The fourth-order valence-corrected chi connectivity index (χ4v) is 3.11. The van der Waals surface area contributed by atoms with Crippen LogP contribution in [0.15, 0.2) is 36.4 Å². The van der Waals surface area contributed by atoms with Gasteiger partial charge in [-0.05, 0) is 12.1 Å². The summed E-state index contributed by atoms with van der Waals surface area (Å²) < 4.78 is 10.0. The monoisotopic (exact) mass is 458 g/mol. The van der Waals surface area contributed by atoms with Crippen molar-refractivity contribution in [3.05, 3.63) is 56.6 Å². The number of hydrogen-bond acceptors (Lipinski definition) is 10. The van der Waals surface area contributed by atoms with Crippen molar-refractivity contribution in [2.45, 2.75) is 0 Å². The average molecular weight is 458 g/mol. The van der Waals surface area contributed by atoms with Gasteiger partial charge in [-0.15, -0.1) is 0 Å². The average Bonchev–Trinajstić information content (AvgIpc) is 3.00. The lowest BCUT2D eigenvalue weighted by molar-refractivity contribution is -0.385. The number of ketones is 1. The Bertz CT molecular complexity index is 1230. The molecule has 2 aromatic rings. The molecule has 1 aliphatic rings. The number of benzene rings is 2. The first-order valence-corrected chi connectivity index (χ1v) is 8.98. The molecule has 0 spiro atoms. The van der Waals surface area contributed by atoms with Crippen LogP contribution in [0.3, 0.4) is 0 Å². The van der Waals surface area contributed by atoms with Crippen LogP contribution in [0.5, 0.6) is 11.5 Å². The second-order valence-electron chi connectivity index (χ2n) is 6.52. The van der Waals surface area contributed by atoms with Crippen molar-refractivity contribution < 1.29 is 38.5 Å². The molecular weight excluding hydrogens is 444 g/mol. The van der Waals surface area contributed by atoms with E-state index < -0.39 is 56.3 Å². The molecular formula is C19H14N4O10. The third-order valence-electron chi connectivity index (χ3n) is 4.67. The van der Waals surface area contributed by atoms with Crippen LogP contribution in [0.2, 0.25) is 0 Å². The zero-order valence-corrected chi connectivity index (χ0v) is 17.0. The normalized spacial score (nSPS) is 15.4. The summed E-state index contributed by atoms with van der Waals surface area (Å²) in [4.78, 5) is 71.6. The van der Waals surface area contributed by atoms with Gasteiger partial charge in [0.15, 0.2) is 5.92 Å². The SMILES string of the molecule is COc1ccc([N+](=O)[O-])cc1NC(=O)[C@@H]1C(=O)C(=O)N(c2cc([N+](=O)[O-])ccc2OC)C1=O. The van der Waals surface area contributed by atoms with E-state index in [0.29, 0.717) is 4.90 Å². The fourth-order valence-electron chi connectivity index (χ4n) is 3.11. The molecule has 0 radical (unpaired) electrons. The maximum absolute atomic E-state index is 12.9. The fraction of sp³-hybridized carbons (Fsp3) is 0.158. The van der Waals surface area contributed by atoms with E-state index in [9.17, 15) is 39.4 Å². The van der Waals surface area contributed by atoms with Crippen LogP contribution in [0.25, 0.3) is 0 Å². The molecule has 1 heterocycles. The van der Waals surface area contributed by atoms with E-state index in [1.807, 2.05) is 0 Å². The number of amides is 3. The molecule has 1 saturated heterocycles. The Kier molecular flexibility index (Phi) is 6.01. The highest BCUT2D eigenvalue weighted by molar-refractivity contribution is 6.60. The van der Waals surface area contributed by atoms with E-state index in [0.717, 1.165) is 30.3 Å². The summed E-state index contributed by atoms with van der Waals surface area (Å²) in [6, 6.07) is 6.29. The second-order valence-corrected chi connectivity index (χ2v) is 6.52. The number of nitrogens with zero attached hydrogens (tertiary/aromatic N) is 3. The molecule has 3 amide bonds. The van der Waals surface area contributed by atoms with Crippen LogP contribution in [0, 0.1) is 26.1 Å². The summed E-state index contributed by atoms with van der Waals surface area (Å²) in [5, 5.41) is 24.3. The second kappa shape index (κ2) is 8.70. The van der Waals surface area contributed by atoms with Crippen molar-refractivity contribution >= 4 is 46.3 Å². The van der Waals surface area contributed by atoms with Crippen molar-refractivity contribution in [2.24, 2.45) is 5.92 Å². The molecule has 14 heteroatoms. The lowest BCUT2D eigenvalue weighted by Gasteiger charge is -2.17. The third kappa shape index (κ3) is 4.04. The lowest BCUT2D eigenvalue weighted by atomic mass is 10.1. The molecule has 170 valence electrons. The van der Waals surface area contributed by atoms with Crippen molar-refractivity contribution in [1.29, 1.82) is 0 Å². The zero-order chi connectivity index (χ0) is 24.4. The van der Waals surface area contributed by atoms with Gasteiger partial charge in [0.1, 0.15) is 17.2 Å². The number of hydrogen-bond donors (Lipinski definition) is 1. The Hall–Kier alpha value is -4.88. The summed E-state index contributed by atoms with van der Waals surface area (Å²) in [7, 11) is 2.40. The van der Waals surface area contributed by atoms with Gasteiger partial charge in [0.05, 0.1) is 29.8 Å². The molecule has 1 N–H and O–H groups in total. The minimum Gasteiger partial charge on any atom is -0.495 e. The van der Waals surface area contributed by atoms with Gasteiger partial charge in [0.25, 0.3) is 17.3 Å². The topological polar surface area (TPSA) is 188 Å². The number of methoxy groups -OCH3 is 2. The molecule has 0 aromatic heterocycles. The first-order valence-electron chi connectivity index (χ1n) is 8.98. The molecule has 2 aromatic carbocycles. The predicted molar refractivity (Wildman–Crippen MR) is 109 cm³/mol. The number of carbonyl (C=O) groups is 4. The molecule has 0 unspecified atom stereocenters. The van der Waals surface area contributed by atoms with E-state index in [1.165, 1.54) is 20.3 Å². The van der Waals surface area contributed by atoms with E-state index in [2.05, 4.69) is 5.32 Å². The van der Waals surface area contributed by atoms with E-state index in [1.54, 1.807) is 0 Å². The number of ether oxygens (including phenoxy) is 2. The first-order chi connectivity index (χ1) is 15.6. The molecule has 14 nitrogen and oxygen atoms in total. The van der Waals surface area contributed by atoms with Gasteiger partial charge in [-0.1, -0.05) is 0 Å². The Morgan fingerprint density at radius 3 is 2.03 bits per heavy atom. The standard InChI is InChI=1S/C19H14N4O10/c1-32-13-5-3-9(22(28)29)7-11(13)20-17(25)15-16(24)19(27)21(18(15)26)12-8-10(23(30)31)4-6-14(12)33-2/h3-8,15H,1-2H3,(H,20,25)/t15-/m0/s1. The van der Waals surface area contributed by atoms with Gasteiger partial charge in [0, 0.05) is 24.3 Å². The van der Waals surface area contributed by atoms with Crippen LogP contribution in [-0.4, -0.2) is 47.6 Å². The Balaban J connectivity index is 1.98. The molecule has 1 fully saturated rings. The lowest BCUT2D eigenvalue weighted by Crippen LogP contribution is -2.35. The van der Waals surface area contributed by atoms with Crippen LogP contribution in [0.4, 0.5) is 22.7 Å². The maximum atomic E-state index is 12.9. The number of rotatable bonds is 7. The quantitative estimate of drug-likeness (QED) is 0.208. The van der Waals surface area contributed by atoms with Gasteiger partial charge in [-0.3, -0.25) is 39.4 Å². The summed E-state index contributed by atoms with van der Waals surface area (Å²) in [6.45, 7) is 0. The molecule has 33 heavy (non-hydrogen) atoms. The van der Waals surface area contributed by atoms with Gasteiger partial charge < -0.3 is 14.8 Å². The van der Waals surface area contributed by atoms with Gasteiger partial charge in [-0.2, -0.15) is 0 Å². The van der Waals surface area contributed by atoms with E-state index in [4.69, 9.17) is 9.47 Å². The van der Waals surface area contributed by atoms with Crippen molar-refractivity contribution in [2.75, 3.05) is 24.4 Å². The van der Waals surface area contributed by atoms with Crippen molar-refractivity contribution in [1.82, 2.24) is 0 Å². The van der Waals surface area contributed by atoms with Crippen LogP contribution in [0.1, 0.15) is 0 Å². The first kappa shape index (κ1) is 22.8. The number of nitro benzene ring substituents is 2. The summed E-state index contributed by atoms with van der Waals surface area (Å²) in [5.74, 6) is -7.58. The van der Waals surface area contributed by atoms with E-state index in [-0.39, 0.29) is 17.2 Å². The summed E-state index contributed by atoms with van der Waals surface area (Å²) in [6.07, 6.45) is 0. The Morgan fingerprint density at radius 2 is 1.48 bits per heavy atom. The number of anilines is 2. The van der Waals surface area contributed by atoms with Crippen molar-refractivity contribution in [3.8, 4) is 11.5 Å². The highest BCUT2D eigenvalue weighted by Crippen LogP contribution is 2.36. The van der Waals surface area contributed by atoms with Crippen LogP contribution < -0.4 is 19.7 Å². The molecule has 1 atom stereocenters.